The van der Waals surface area contributed by atoms with Crippen molar-refractivity contribution < 1.29 is 19.1 Å². The van der Waals surface area contributed by atoms with Gasteiger partial charge in [0.15, 0.2) is 0 Å². The SMILES string of the molecule is CC1=C(C(=O)OC[C@@H]2CCCO2)[C@H](c2ccccc2C)C2C(=O)CC(C)(C)CC2=N1. The second-order valence-corrected chi connectivity index (χ2v) is 9.63. The highest BCUT2D eigenvalue weighted by Gasteiger charge is 2.48. The van der Waals surface area contributed by atoms with Crippen molar-refractivity contribution in [2.75, 3.05) is 13.2 Å². The summed E-state index contributed by atoms with van der Waals surface area (Å²) in [6.07, 6.45) is 3.13. The number of carbonyl (C=O) groups excluding carboxylic acids is 2. The number of Topliss-reactive ketones (excluding diaryl/α,β-unsaturated/α-hetero) is 1. The topological polar surface area (TPSA) is 65.0 Å². The highest BCUT2D eigenvalue weighted by molar-refractivity contribution is 6.12. The molecule has 0 amide bonds. The number of aliphatic imine (C=N–C) groups is 1. The highest BCUT2D eigenvalue weighted by atomic mass is 16.6. The van der Waals surface area contributed by atoms with Crippen molar-refractivity contribution >= 4 is 17.5 Å². The zero-order valence-corrected chi connectivity index (χ0v) is 18.4. The van der Waals surface area contributed by atoms with Gasteiger partial charge in [0.1, 0.15) is 12.4 Å². The van der Waals surface area contributed by atoms with Gasteiger partial charge in [0.2, 0.25) is 0 Å². The van der Waals surface area contributed by atoms with Gasteiger partial charge in [-0.15, -0.1) is 0 Å². The maximum Gasteiger partial charge on any atom is 0.336 e. The Morgan fingerprint density at radius 2 is 1.97 bits per heavy atom. The lowest BCUT2D eigenvalue weighted by molar-refractivity contribution is -0.142. The summed E-state index contributed by atoms with van der Waals surface area (Å²) in [6, 6.07) is 8.00. The summed E-state index contributed by atoms with van der Waals surface area (Å²) >= 11 is 0. The molecular formula is C25H31NO4. The van der Waals surface area contributed by atoms with Crippen LogP contribution in [0.1, 0.15) is 63.5 Å². The van der Waals surface area contributed by atoms with E-state index >= 15 is 0 Å². The molecule has 0 spiro atoms. The molecule has 1 aromatic rings. The summed E-state index contributed by atoms with van der Waals surface area (Å²) in [5.74, 6) is -0.959. The lowest BCUT2D eigenvalue weighted by Crippen LogP contribution is -2.44. The summed E-state index contributed by atoms with van der Waals surface area (Å²) in [5.41, 5.74) is 4.05. The first-order chi connectivity index (χ1) is 14.3. The quantitative estimate of drug-likeness (QED) is 0.685. The Bertz CT molecular complexity index is 921. The van der Waals surface area contributed by atoms with Gasteiger partial charge in [-0.2, -0.15) is 0 Å². The van der Waals surface area contributed by atoms with E-state index in [2.05, 4.69) is 13.8 Å². The fourth-order valence-electron chi connectivity index (χ4n) is 5.15. The van der Waals surface area contributed by atoms with Crippen molar-refractivity contribution in [1.29, 1.82) is 0 Å². The number of benzene rings is 1. The molecule has 0 aromatic heterocycles. The van der Waals surface area contributed by atoms with Crippen LogP contribution < -0.4 is 0 Å². The molecule has 30 heavy (non-hydrogen) atoms. The van der Waals surface area contributed by atoms with Crippen LogP contribution in [0, 0.1) is 18.3 Å². The van der Waals surface area contributed by atoms with Gasteiger partial charge in [0.05, 0.1) is 17.6 Å². The lowest BCUT2D eigenvalue weighted by Gasteiger charge is -2.41. The number of hydrogen-bond donors (Lipinski definition) is 0. The minimum atomic E-state index is -0.395. The highest BCUT2D eigenvalue weighted by Crippen LogP contribution is 2.47. The summed E-state index contributed by atoms with van der Waals surface area (Å²) < 4.78 is 11.3. The van der Waals surface area contributed by atoms with E-state index in [4.69, 9.17) is 14.5 Å². The van der Waals surface area contributed by atoms with E-state index in [9.17, 15) is 9.59 Å². The Balaban J connectivity index is 1.74. The van der Waals surface area contributed by atoms with Crippen LogP contribution in [-0.4, -0.2) is 36.8 Å². The van der Waals surface area contributed by atoms with Gasteiger partial charge in [-0.25, -0.2) is 4.79 Å². The molecule has 1 saturated carbocycles. The molecule has 5 heteroatoms. The van der Waals surface area contributed by atoms with Gasteiger partial charge in [0, 0.05) is 30.4 Å². The van der Waals surface area contributed by atoms with E-state index in [0.717, 1.165) is 42.7 Å². The number of ketones is 1. The molecule has 1 unspecified atom stereocenters. The van der Waals surface area contributed by atoms with Crippen molar-refractivity contribution in [2.45, 2.75) is 65.4 Å². The fourth-order valence-corrected chi connectivity index (χ4v) is 5.15. The molecular weight excluding hydrogens is 378 g/mol. The van der Waals surface area contributed by atoms with Crippen molar-refractivity contribution in [3.05, 3.63) is 46.7 Å². The molecule has 2 aliphatic heterocycles. The third-order valence-corrected chi connectivity index (χ3v) is 6.53. The molecule has 4 rings (SSSR count). The zero-order valence-electron chi connectivity index (χ0n) is 18.4. The molecule has 3 aliphatic rings. The van der Waals surface area contributed by atoms with Gasteiger partial charge in [0.25, 0.3) is 0 Å². The van der Waals surface area contributed by atoms with Crippen LogP contribution in [0.25, 0.3) is 0 Å². The maximum atomic E-state index is 13.3. The van der Waals surface area contributed by atoms with Crippen molar-refractivity contribution in [2.24, 2.45) is 16.3 Å². The standard InChI is InChI=1S/C25H31NO4/c1-15-8-5-6-10-18(15)22-21(24(28)30-14-17-9-7-11-29-17)16(2)26-19-12-25(3,4)13-20(27)23(19)22/h5-6,8,10,17,22-23H,7,9,11-14H2,1-4H3/t17-,22-,23?/m0/s1. The van der Waals surface area contributed by atoms with Crippen LogP contribution in [0.2, 0.25) is 0 Å². The van der Waals surface area contributed by atoms with Gasteiger partial charge in [-0.05, 0) is 49.7 Å². The predicted molar refractivity (Wildman–Crippen MR) is 116 cm³/mol. The number of allylic oxidation sites excluding steroid dienone is 1. The molecule has 0 N–H and O–H groups in total. The molecule has 2 heterocycles. The van der Waals surface area contributed by atoms with E-state index in [1.807, 2.05) is 38.1 Å². The van der Waals surface area contributed by atoms with Crippen molar-refractivity contribution in [1.82, 2.24) is 0 Å². The predicted octanol–water partition coefficient (Wildman–Crippen LogP) is 4.53. The zero-order chi connectivity index (χ0) is 21.5. The molecule has 1 aliphatic carbocycles. The van der Waals surface area contributed by atoms with Crippen LogP contribution in [0.4, 0.5) is 0 Å². The number of nitrogens with zero attached hydrogens (tertiary/aromatic N) is 1. The monoisotopic (exact) mass is 409 g/mol. The van der Waals surface area contributed by atoms with Crippen molar-refractivity contribution in [3.8, 4) is 0 Å². The minimum absolute atomic E-state index is 0.0356. The minimum Gasteiger partial charge on any atom is -0.460 e. The smallest absolute Gasteiger partial charge is 0.336 e. The number of ether oxygens (including phenoxy) is 2. The van der Waals surface area contributed by atoms with Gasteiger partial charge in [-0.3, -0.25) is 9.79 Å². The number of esters is 1. The van der Waals surface area contributed by atoms with E-state index < -0.39 is 5.92 Å². The first-order valence-corrected chi connectivity index (χ1v) is 10.9. The molecule has 1 aromatic carbocycles. The van der Waals surface area contributed by atoms with E-state index in [0.29, 0.717) is 17.7 Å². The number of fused-ring (bicyclic) bond motifs is 1. The van der Waals surface area contributed by atoms with Crippen LogP contribution in [0.15, 0.2) is 40.5 Å². The summed E-state index contributed by atoms with van der Waals surface area (Å²) in [4.78, 5) is 31.3. The summed E-state index contributed by atoms with van der Waals surface area (Å²) in [7, 11) is 0. The number of carbonyl (C=O) groups is 2. The summed E-state index contributed by atoms with van der Waals surface area (Å²) in [6.45, 7) is 9.08. The van der Waals surface area contributed by atoms with Crippen LogP contribution in [0.5, 0.6) is 0 Å². The van der Waals surface area contributed by atoms with E-state index in [-0.39, 0.29) is 35.8 Å². The normalized spacial score (nSPS) is 28.2. The summed E-state index contributed by atoms with van der Waals surface area (Å²) in [5, 5.41) is 0. The van der Waals surface area contributed by atoms with E-state index in [1.165, 1.54) is 0 Å². The Labute approximate surface area is 178 Å². The molecule has 0 radical (unpaired) electrons. The molecule has 5 nitrogen and oxygen atoms in total. The molecule has 0 bridgehead atoms. The number of rotatable bonds is 4. The molecule has 3 atom stereocenters. The average Bonchev–Trinajstić information content (AvgIpc) is 3.18. The first-order valence-electron chi connectivity index (χ1n) is 10.9. The Hall–Kier alpha value is -2.27. The first kappa shape index (κ1) is 21.0. The second-order valence-electron chi connectivity index (χ2n) is 9.63. The number of hydrogen-bond acceptors (Lipinski definition) is 5. The molecule has 2 fully saturated rings. The third kappa shape index (κ3) is 4.00. The van der Waals surface area contributed by atoms with Gasteiger partial charge < -0.3 is 9.47 Å². The lowest BCUT2D eigenvalue weighted by atomic mass is 9.63. The maximum absolute atomic E-state index is 13.3. The second kappa shape index (κ2) is 8.10. The van der Waals surface area contributed by atoms with E-state index in [1.54, 1.807) is 0 Å². The van der Waals surface area contributed by atoms with Crippen LogP contribution >= 0.6 is 0 Å². The van der Waals surface area contributed by atoms with Crippen LogP contribution in [-0.2, 0) is 19.1 Å². The van der Waals surface area contributed by atoms with Gasteiger partial charge >= 0.3 is 5.97 Å². The largest absolute Gasteiger partial charge is 0.460 e. The number of aryl methyl sites for hydroxylation is 1. The Morgan fingerprint density at radius 1 is 1.20 bits per heavy atom. The third-order valence-electron chi connectivity index (χ3n) is 6.53. The van der Waals surface area contributed by atoms with Gasteiger partial charge in [-0.1, -0.05) is 38.1 Å². The van der Waals surface area contributed by atoms with Crippen molar-refractivity contribution in [3.63, 3.8) is 0 Å². The molecule has 160 valence electrons. The van der Waals surface area contributed by atoms with Crippen LogP contribution in [0.3, 0.4) is 0 Å². The fraction of sp³-hybridized carbons (Fsp3) is 0.560. The Morgan fingerprint density at radius 3 is 2.67 bits per heavy atom. The molecule has 1 saturated heterocycles. The Kier molecular flexibility index (Phi) is 5.67. The average molecular weight is 410 g/mol.